The van der Waals surface area contributed by atoms with Crippen molar-refractivity contribution in [3.63, 3.8) is 0 Å². The lowest BCUT2D eigenvalue weighted by atomic mass is 9.78. The van der Waals surface area contributed by atoms with Crippen LogP contribution in [0, 0.1) is 11.8 Å². The third-order valence-electron chi connectivity index (χ3n) is 4.36. The van der Waals surface area contributed by atoms with Crippen LogP contribution in [0.5, 0.6) is 0 Å². The Morgan fingerprint density at radius 1 is 0.600 bits per heavy atom. The highest BCUT2D eigenvalue weighted by Gasteiger charge is 2.24. The fraction of sp³-hybridized carbons (Fsp3) is 0.733. The first-order valence-corrected chi connectivity index (χ1v) is 6.67. The molecule has 0 amide bonds. The lowest BCUT2D eigenvalue weighted by Crippen LogP contribution is -2.12. The fourth-order valence-electron chi connectivity index (χ4n) is 3.25. The van der Waals surface area contributed by atoms with E-state index in [9.17, 15) is 0 Å². The molecule has 0 aromatic carbocycles. The second-order valence-electron chi connectivity index (χ2n) is 5.37. The minimum Gasteiger partial charge on any atom is -0.0953 e. The Morgan fingerprint density at radius 3 is 1.33 bits per heavy atom. The van der Waals surface area contributed by atoms with E-state index in [4.69, 9.17) is 0 Å². The first-order valence-electron chi connectivity index (χ1n) is 6.67. The Morgan fingerprint density at radius 2 is 0.933 bits per heavy atom. The van der Waals surface area contributed by atoms with Gasteiger partial charge in [0.1, 0.15) is 0 Å². The largest absolute Gasteiger partial charge is 0.0953 e. The van der Waals surface area contributed by atoms with Gasteiger partial charge in [-0.15, -0.1) is 0 Å². The van der Waals surface area contributed by atoms with Crippen molar-refractivity contribution < 1.29 is 0 Å². The van der Waals surface area contributed by atoms with Crippen LogP contribution in [0.4, 0.5) is 0 Å². The third kappa shape index (κ3) is 2.53. The summed E-state index contributed by atoms with van der Waals surface area (Å²) in [6.45, 7) is 8.64. The molecule has 0 nitrogen and oxygen atoms in total. The SMILES string of the molecule is C=C(C(=C)C1CCCC1)C1CCCCC1. The molecule has 84 valence electrons. The Kier molecular flexibility index (Phi) is 3.66. The molecule has 0 heteroatoms. The molecule has 0 atom stereocenters. The molecule has 2 saturated carbocycles. The van der Waals surface area contributed by atoms with Crippen molar-refractivity contribution in [2.75, 3.05) is 0 Å². The molecule has 2 rings (SSSR count). The fourth-order valence-corrected chi connectivity index (χ4v) is 3.25. The first-order chi connectivity index (χ1) is 7.29. The van der Waals surface area contributed by atoms with Gasteiger partial charge in [0.2, 0.25) is 0 Å². The van der Waals surface area contributed by atoms with E-state index in [0.29, 0.717) is 0 Å². The maximum Gasteiger partial charge on any atom is -0.0165 e. The summed E-state index contributed by atoms with van der Waals surface area (Å²) in [5.41, 5.74) is 2.81. The molecule has 0 bridgehead atoms. The number of rotatable bonds is 3. The van der Waals surface area contributed by atoms with Crippen LogP contribution in [0.1, 0.15) is 57.8 Å². The van der Waals surface area contributed by atoms with Crippen LogP contribution >= 0.6 is 0 Å². The normalized spacial score (nSPS) is 24.3. The monoisotopic (exact) mass is 204 g/mol. The lowest BCUT2D eigenvalue weighted by Gasteiger charge is -2.27. The van der Waals surface area contributed by atoms with Crippen LogP contribution in [-0.2, 0) is 0 Å². The van der Waals surface area contributed by atoms with E-state index in [-0.39, 0.29) is 0 Å². The number of hydrogen-bond donors (Lipinski definition) is 0. The van der Waals surface area contributed by atoms with Crippen molar-refractivity contribution >= 4 is 0 Å². The molecule has 0 aromatic rings. The summed E-state index contributed by atoms with van der Waals surface area (Å²) >= 11 is 0. The smallest absolute Gasteiger partial charge is 0.0165 e. The molecule has 0 aromatic heterocycles. The van der Waals surface area contributed by atoms with Crippen LogP contribution in [-0.4, -0.2) is 0 Å². The van der Waals surface area contributed by atoms with Crippen molar-refractivity contribution in [3.8, 4) is 0 Å². The Balaban J connectivity index is 1.90. The molecule has 0 spiro atoms. The zero-order valence-electron chi connectivity index (χ0n) is 9.93. The molecule has 0 heterocycles. The minimum absolute atomic E-state index is 0.770. The third-order valence-corrected chi connectivity index (χ3v) is 4.36. The summed E-state index contributed by atoms with van der Waals surface area (Å²) in [5.74, 6) is 1.55. The summed E-state index contributed by atoms with van der Waals surface area (Å²) in [6.07, 6.45) is 12.5. The summed E-state index contributed by atoms with van der Waals surface area (Å²) < 4.78 is 0. The molecule has 0 saturated heterocycles. The molecular weight excluding hydrogens is 180 g/mol. The Bertz CT molecular complexity index is 237. The molecule has 2 aliphatic carbocycles. The van der Waals surface area contributed by atoms with Crippen molar-refractivity contribution in [1.82, 2.24) is 0 Å². The molecule has 0 unspecified atom stereocenters. The van der Waals surface area contributed by atoms with Gasteiger partial charge >= 0.3 is 0 Å². The molecule has 0 aliphatic heterocycles. The average Bonchev–Trinajstić information content (AvgIpc) is 2.82. The average molecular weight is 204 g/mol. The summed E-state index contributed by atoms with van der Waals surface area (Å²) in [6, 6.07) is 0. The quantitative estimate of drug-likeness (QED) is 0.575. The van der Waals surface area contributed by atoms with Gasteiger partial charge in [-0.2, -0.15) is 0 Å². The summed E-state index contributed by atoms with van der Waals surface area (Å²) in [5, 5.41) is 0. The first kappa shape index (κ1) is 11.0. The maximum absolute atomic E-state index is 4.32. The highest BCUT2D eigenvalue weighted by Crippen LogP contribution is 2.39. The van der Waals surface area contributed by atoms with E-state index in [1.165, 1.54) is 68.9 Å². The Labute approximate surface area is 94.5 Å². The summed E-state index contributed by atoms with van der Waals surface area (Å²) in [4.78, 5) is 0. The molecular formula is C15H24. The second-order valence-corrected chi connectivity index (χ2v) is 5.37. The van der Waals surface area contributed by atoms with Gasteiger partial charge in [-0.3, -0.25) is 0 Å². The van der Waals surface area contributed by atoms with Crippen LogP contribution in [0.3, 0.4) is 0 Å². The van der Waals surface area contributed by atoms with Gasteiger partial charge in [0, 0.05) is 0 Å². The summed E-state index contributed by atoms with van der Waals surface area (Å²) in [7, 11) is 0. The molecule has 2 aliphatic rings. The van der Waals surface area contributed by atoms with E-state index < -0.39 is 0 Å². The predicted molar refractivity (Wildman–Crippen MR) is 66.8 cm³/mol. The van der Waals surface area contributed by atoms with E-state index in [0.717, 1.165) is 11.8 Å². The van der Waals surface area contributed by atoms with E-state index >= 15 is 0 Å². The highest BCUT2D eigenvalue weighted by molar-refractivity contribution is 5.30. The maximum atomic E-state index is 4.32. The highest BCUT2D eigenvalue weighted by atomic mass is 14.3. The molecule has 0 radical (unpaired) electrons. The van der Waals surface area contributed by atoms with Gasteiger partial charge in [0.15, 0.2) is 0 Å². The van der Waals surface area contributed by atoms with Gasteiger partial charge in [-0.1, -0.05) is 45.3 Å². The van der Waals surface area contributed by atoms with Gasteiger partial charge in [0.25, 0.3) is 0 Å². The molecule has 0 N–H and O–H groups in total. The number of allylic oxidation sites excluding steroid dienone is 2. The number of hydrogen-bond acceptors (Lipinski definition) is 0. The van der Waals surface area contributed by atoms with Crippen molar-refractivity contribution in [1.29, 1.82) is 0 Å². The van der Waals surface area contributed by atoms with E-state index in [1.54, 1.807) is 0 Å². The zero-order chi connectivity index (χ0) is 10.7. The minimum atomic E-state index is 0.770. The predicted octanol–water partition coefficient (Wildman–Crippen LogP) is 4.87. The van der Waals surface area contributed by atoms with Crippen LogP contribution in [0.2, 0.25) is 0 Å². The van der Waals surface area contributed by atoms with E-state index in [1.807, 2.05) is 0 Å². The van der Waals surface area contributed by atoms with Gasteiger partial charge in [-0.25, -0.2) is 0 Å². The van der Waals surface area contributed by atoms with Crippen LogP contribution in [0.15, 0.2) is 24.3 Å². The van der Waals surface area contributed by atoms with Gasteiger partial charge in [0.05, 0.1) is 0 Å². The van der Waals surface area contributed by atoms with Crippen molar-refractivity contribution in [3.05, 3.63) is 24.3 Å². The Hall–Kier alpha value is -0.520. The standard InChI is InChI=1S/C15H24/c1-12(14-8-4-3-5-9-14)13(2)15-10-6-7-11-15/h14-15H,1-11H2. The molecule has 15 heavy (non-hydrogen) atoms. The van der Waals surface area contributed by atoms with Crippen molar-refractivity contribution in [2.45, 2.75) is 57.8 Å². The second kappa shape index (κ2) is 5.01. The van der Waals surface area contributed by atoms with E-state index in [2.05, 4.69) is 13.2 Å². The van der Waals surface area contributed by atoms with Crippen LogP contribution < -0.4 is 0 Å². The van der Waals surface area contributed by atoms with Crippen molar-refractivity contribution in [2.24, 2.45) is 11.8 Å². The van der Waals surface area contributed by atoms with Gasteiger partial charge < -0.3 is 0 Å². The topological polar surface area (TPSA) is 0 Å². The molecule has 2 fully saturated rings. The van der Waals surface area contributed by atoms with Crippen LogP contribution in [0.25, 0.3) is 0 Å². The lowest BCUT2D eigenvalue weighted by molar-refractivity contribution is 0.401. The zero-order valence-corrected chi connectivity index (χ0v) is 9.93. The van der Waals surface area contributed by atoms with Gasteiger partial charge in [-0.05, 0) is 48.7 Å².